The molecule has 0 saturated heterocycles. The van der Waals surface area contributed by atoms with Crippen molar-refractivity contribution in [1.29, 1.82) is 0 Å². The number of carbonyl (C=O) groups excluding carboxylic acids is 1. The molecule has 0 aliphatic rings. The highest BCUT2D eigenvalue weighted by atomic mass is 32.1. The average molecular weight is 416 g/mol. The van der Waals surface area contributed by atoms with Gasteiger partial charge in [-0.1, -0.05) is 35.6 Å². The third kappa shape index (κ3) is 4.37. The minimum Gasteiger partial charge on any atom is -0.496 e. The molecule has 0 atom stereocenters. The minimum atomic E-state index is -0.101. The Morgan fingerprint density at radius 3 is 3.00 bits per heavy atom. The third-order valence-corrected chi connectivity index (χ3v) is 5.51. The first-order valence-corrected chi connectivity index (χ1v) is 9.91. The van der Waals surface area contributed by atoms with Gasteiger partial charge in [0.15, 0.2) is 15.7 Å². The maximum atomic E-state index is 12.4. The van der Waals surface area contributed by atoms with Gasteiger partial charge in [-0.15, -0.1) is 6.58 Å². The summed E-state index contributed by atoms with van der Waals surface area (Å²) in [7, 11) is 1.63. The predicted octanol–water partition coefficient (Wildman–Crippen LogP) is 4.14. The summed E-state index contributed by atoms with van der Waals surface area (Å²) >= 11 is 6.63. The Morgan fingerprint density at radius 1 is 1.46 bits per heavy atom. The largest absolute Gasteiger partial charge is 0.496 e. The number of aryl methyl sites for hydroxylation is 2. The van der Waals surface area contributed by atoms with Crippen LogP contribution in [0.2, 0.25) is 0 Å². The molecule has 0 bridgehead atoms. The molecule has 28 heavy (non-hydrogen) atoms. The number of benzene rings is 1. The number of carbonyl (C=O) groups is 1. The quantitative estimate of drug-likeness (QED) is 0.427. The second-order valence-corrected chi connectivity index (χ2v) is 7.43. The zero-order valence-corrected chi connectivity index (χ0v) is 17.3. The minimum absolute atomic E-state index is 0.101. The molecule has 0 spiro atoms. The molecule has 146 valence electrons. The van der Waals surface area contributed by atoms with Crippen LogP contribution in [0.4, 0.5) is 5.13 Å². The van der Waals surface area contributed by atoms with Gasteiger partial charge in [0.1, 0.15) is 5.75 Å². The number of aromatic amines is 1. The molecule has 3 rings (SSSR count). The maximum absolute atomic E-state index is 12.4. The van der Waals surface area contributed by atoms with E-state index < -0.39 is 0 Å². The molecule has 9 heteroatoms. The fourth-order valence-corrected chi connectivity index (χ4v) is 3.97. The fraction of sp³-hybridized carbons (Fsp3) is 0.263. The molecular formula is C19H21N5O2S2. The van der Waals surface area contributed by atoms with Crippen molar-refractivity contribution in [3.05, 3.63) is 52.9 Å². The van der Waals surface area contributed by atoms with Crippen molar-refractivity contribution in [2.45, 2.75) is 26.3 Å². The van der Waals surface area contributed by atoms with Crippen molar-refractivity contribution in [2.75, 3.05) is 12.4 Å². The lowest BCUT2D eigenvalue weighted by Gasteiger charge is -2.07. The van der Waals surface area contributed by atoms with Crippen LogP contribution >= 0.6 is 23.6 Å². The monoisotopic (exact) mass is 415 g/mol. The smallest absolute Gasteiger partial charge is 0.226 e. The van der Waals surface area contributed by atoms with Gasteiger partial charge in [-0.05, 0) is 37.2 Å². The second kappa shape index (κ2) is 8.94. The van der Waals surface area contributed by atoms with Crippen LogP contribution in [0.5, 0.6) is 5.75 Å². The number of H-pyrrole nitrogens is 1. The topological polar surface area (TPSA) is 84.8 Å². The van der Waals surface area contributed by atoms with Gasteiger partial charge in [-0.3, -0.25) is 14.5 Å². The van der Waals surface area contributed by atoms with E-state index in [1.807, 2.05) is 35.8 Å². The van der Waals surface area contributed by atoms with Crippen LogP contribution in [-0.2, 0) is 17.8 Å². The Morgan fingerprint density at radius 2 is 2.25 bits per heavy atom. The lowest BCUT2D eigenvalue weighted by Crippen LogP contribution is -2.12. The number of allylic oxidation sites excluding steroid dienone is 1. The van der Waals surface area contributed by atoms with E-state index >= 15 is 0 Å². The molecule has 1 aromatic carbocycles. The van der Waals surface area contributed by atoms with Crippen LogP contribution in [0.3, 0.4) is 0 Å². The summed E-state index contributed by atoms with van der Waals surface area (Å²) in [6, 6.07) is 7.69. The zero-order valence-electron chi connectivity index (χ0n) is 15.7. The van der Waals surface area contributed by atoms with Crippen molar-refractivity contribution in [3.63, 3.8) is 0 Å². The second-order valence-electron chi connectivity index (χ2n) is 6.05. The van der Waals surface area contributed by atoms with Gasteiger partial charge < -0.3 is 10.1 Å². The molecule has 0 aliphatic heterocycles. The van der Waals surface area contributed by atoms with Crippen LogP contribution < -0.4 is 10.1 Å². The van der Waals surface area contributed by atoms with E-state index in [2.05, 4.69) is 27.1 Å². The number of nitrogens with one attached hydrogen (secondary N) is 2. The van der Waals surface area contributed by atoms with E-state index in [0.717, 1.165) is 21.9 Å². The highest BCUT2D eigenvalue weighted by Gasteiger charge is 2.17. The van der Waals surface area contributed by atoms with E-state index in [1.54, 1.807) is 13.2 Å². The number of thiazole rings is 1. The first kappa shape index (κ1) is 20.0. The van der Waals surface area contributed by atoms with Gasteiger partial charge in [0.2, 0.25) is 5.91 Å². The van der Waals surface area contributed by atoms with Gasteiger partial charge in [0.05, 0.1) is 17.7 Å². The van der Waals surface area contributed by atoms with Crippen LogP contribution in [-0.4, -0.2) is 32.8 Å². The number of rotatable bonds is 8. The van der Waals surface area contributed by atoms with E-state index in [-0.39, 0.29) is 5.91 Å². The number of methoxy groups -OCH3 is 1. The molecule has 0 aliphatic carbocycles. The standard InChI is InChI=1S/C19H21N5O2S2/c1-4-11-24-17(22-23-19(24)27)16-12(2)20-18(28-16)21-15(25)10-9-13-7-5-6-8-14(13)26-3/h4-8H,1,9-11H2,2-3H3,(H,23,27)(H,20,21,25). The summed E-state index contributed by atoms with van der Waals surface area (Å²) in [5.74, 6) is 1.37. The predicted molar refractivity (Wildman–Crippen MR) is 113 cm³/mol. The van der Waals surface area contributed by atoms with E-state index in [1.165, 1.54) is 11.3 Å². The van der Waals surface area contributed by atoms with Crippen LogP contribution in [0.15, 0.2) is 36.9 Å². The van der Waals surface area contributed by atoms with Gasteiger partial charge >= 0.3 is 0 Å². The van der Waals surface area contributed by atoms with Crippen molar-refractivity contribution in [3.8, 4) is 16.5 Å². The van der Waals surface area contributed by atoms with Crippen molar-refractivity contribution in [2.24, 2.45) is 0 Å². The van der Waals surface area contributed by atoms with Crippen molar-refractivity contribution < 1.29 is 9.53 Å². The molecule has 3 aromatic rings. The number of nitrogens with zero attached hydrogens (tertiary/aromatic N) is 3. The van der Waals surface area contributed by atoms with Gasteiger partial charge in [-0.2, -0.15) is 5.10 Å². The molecule has 0 saturated carbocycles. The Kier molecular flexibility index (Phi) is 6.37. The van der Waals surface area contributed by atoms with Crippen molar-refractivity contribution >= 4 is 34.6 Å². The van der Waals surface area contributed by atoms with E-state index in [4.69, 9.17) is 17.0 Å². The van der Waals surface area contributed by atoms with Crippen LogP contribution in [0.25, 0.3) is 10.7 Å². The highest BCUT2D eigenvalue weighted by Crippen LogP contribution is 2.31. The van der Waals surface area contributed by atoms with Gasteiger partial charge in [0, 0.05) is 13.0 Å². The number of aromatic nitrogens is 4. The summed E-state index contributed by atoms with van der Waals surface area (Å²) in [5, 5.41) is 10.5. The Bertz CT molecular complexity index is 1050. The van der Waals surface area contributed by atoms with Crippen molar-refractivity contribution in [1.82, 2.24) is 19.7 Å². The average Bonchev–Trinajstić information content (AvgIpc) is 3.22. The normalized spacial score (nSPS) is 10.6. The van der Waals surface area contributed by atoms with Crippen LogP contribution in [0.1, 0.15) is 17.7 Å². The third-order valence-electron chi connectivity index (χ3n) is 4.13. The number of para-hydroxylation sites is 1. The summed E-state index contributed by atoms with van der Waals surface area (Å²) in [4.78, 5) is 17.7. The summed E-state index contributed by atoms with van der Waals surface area (Å²) in [6.45, 7) is 6.17. The fourth-order valence-electron chi connectivity index (χ4n) is 2.79. The number of amides is 1. The Labute approximate surface area is 172 Å². The highest BCUT2D eigenvalue weighted by molar-refractivity contribution is 7.71. The Hall–Kier alpha value is -2.78. The molecular weight excluding hydrogens is 394 g/mol. The lowest BCUT2D eigenvalue weighted by molar-refractivity contribution is -0.116. The molecule has 1 amide bonds. The molecule has 0 fully saturated rings. The maximum Gasteiger partial charge on any atom is 0.226 e. The first-order chi connectivity index (χ1) is 13.5. The number of hydrogen-bond donors (Lipinski definition) is 2. The summed E-state index contributed by atoms with van der Waals surface area (Å²) < 4.78 is 7.69. The Balaban J connectivity index is 1.71. The molecule has 0 unspecified atom stereocenters. The van der Waals surface area contributed by atoms with Gasteiger partial charge in [0.25, 0.3) is 0 Å². The van der Waals surface area contributed by atoms with E-state index in [0.29, 0.717) is 35.1 Å². The molecule has 2 N–H and O–H groups in total. The molecule has 0 radical (unpaired) electrons. The lowest BCUT2D eigenvalue weighted by atomic mass is 10.1. The SMILES string of the molecule is C=CCn1c(-c2sc(NC(=O)CCc3ccccc3OC)nc2C)n[nH]c1=S. The number of anilines is 1. The molecule has 2 heterocycles. The van der Waals surface area contributed by atoms with Crippen LogP contribution in [0, 0.1) is 11.7 Å². The summed E-state index contributed by atoms with van der Waals surface area (Å²) in [6.07, 6.45) is 2.68. The number of ether oxygens (including phenoxy) is 1. The molecule has 7 nitrogen and oxygen atoms in total. The first-order valence-electron chi connectivity index (χ1n) is 8.69. The van der Waals surface area contributed by atoms with E-state index in [9.17, 15) is 4.79 Å². The number of hydrogen-bond acceptors (Lipinski definition) is 6. The molecule has 2 aromatic heterocycles. The summed E-state index contributed by atoms with van der Waals surface area (Å²) in [5.41, 5.74) is 1.78. The zero-order chi connectivity index (χ0) is 20.1. The van der Waals surface area contributed by atoms with Gasteiger partial charge in [-0.25, -0.2) is 4.98 Å².